The first kappa shape index (κ1) is 20.9. The normalized spacial score (nSPS) is 13.4. The summed E-state index contributed by atoms with van der Waals surface area (Å²) in [4.78, 5) is 7.33. The molecule has 0 spiro atoms. The van der Waals surface area contributed by atoms with Crippen molar-refractivity contribution in [2.24, 2.45) is 5.10 Å². The van der Waals surface area contributed by atoms with Gasteiger partial charge in [0.2, 0.25) is 0 Å². The van der Waals surface area contributed by atoms with E-state index in [1.165, 1.54) is 30.5 Å². The quantitative estimate of drug-likeness (QED) is 0.405. The molecule has 2 aromatic carbocycles. The summed E-state index contributed by atoms with van der Waals surface area (Å²) in [7, 11) is 0. The highest BCUT2D eigenvalue weighted by Crippen LogP contribution is 2.30. The Morgan fingerprint density at radius 1 is 1.12 bits per heavy atom. The maximum Gasteiger partial charge on any atom is 0.270 e. The maximum atomic E-state index is 14.1. The van der Waals surface area contributed by atoms with Gasteiger partial charge >= 0.3 is 0 Å². The number of alkyl halides is 2. The van der Waals surface area contributed by atoms with E-state index in [-0.39, 0.29) is 23.5 Å². The van der Waals surface area contributed by atoms with Crippen molar-refractivity contribution in [2.75, 3.05) is 0 Å². The van der Waals surface area contributed by atoms with Crippen LogP contribution in [0.1, 0.15) is 29.6 Å². The van der Waals surface area contributed by atoms with Crippen LogP contribution in [0.25, 0.3) is 22.6 Å². The third kappa shape index (κ3) is 4.11. The van der Waals surface area contributed by atoms with Gasteiger partial charge in [0.15, 0.2) is 17.4 Å². The zero-order chi connectivity index (χ0) is 23.2. The summed E-state index contributed by atoms with van der Waals surface area (Å²) < 4.78 is 59.8. The van der Waals surface area contributed by atoms with Crippen molar-refractivity contribution in [3.05, 3.63) is 82.9 Å². The minimum Gasteiger partial charge on any atom is -0.359 e. The molecule has 0 radical (unpaired) electrons. The van der Waals surface area contributed by atoms with Gasteiger partial charge in [0, 0.05) is 24.1 Å². The number of nitrogens with zero attached hydrogens (tertiary/aromatic N) is 4. The first-order valence-corrected chi connectivity index (χ1v) is 10.0. The Labute approximate surface area is 185 Å². The van der Waals surface area contributed by atoms with E-state index in [1.807, 2.05) is 0 Å². The van der Waals surface area contributed by atoms with Gasteiger partial charge in [0.1, 0.15) is 17.2 Å². The Bertz CT molecular complexity index is 1340. The van der Waals surface area contributed by atoms with Gasteiger partial charge in [0.05, 0.1) is 30.6 Å². The molecule has 1 aliphatic heterocycles. The number of nitrogens with one attached hydrogen (secondary N) is 1. The van der Waals surface area contributed by atoms with Crippen LogP contribution in [-0.4, -0.2) is 26.3 Å². The van der Waals surface area contributed by atoms with Gasteiger partial charge in [-0.05, 0) is 12.1 Å². The fourth-order valence-corrected chi connectivity index (χ4v) is 3.56. The molecular formula is C23H17F4N5O. The molecule has 1 N–H and O–H groups in total. The Kier molecular flexibility index (Phi) is 4.99. The third-order valence-corrected chi connectivity index (χ3v) is 5.29. The van der Waals surface area contributed by atoms with Crippen molar-refractivity contribution in [2.45, 2.75) is 25.9 Å². The predicted molar refractivity (Wildman–Crippen MR) is 112 cm³/mol. The average molecular weight is 455 g/mol. The van der Waals surface area contributed by atoms with E-state index in [0.717, 1.165) is 13.0 Å². The summed E-state index contributed by atoms with van der Waals surface area (Å²) in [6.45, 7) is 1.47. The van der Waals surface area contributed by atoms with Gasteiger partial charge in [-0.3, -0.25) is 5.01 Å². The van der Waals surface area contributed by atoms with Crippen LogP contribution in [0.2, 0.25) is 0 Å². The van der Waals surface area contributed by atoms with Crippen molar-refractivity contribution in [1.82, 2.24) is 20.1 Å². The number of H-pyrrole nitrogens is 1. The summed E-state index contributed by atoms with van der Waals surface area (Å²) in [6.07, 6.45) is 1.52. The molecule has 6 nitrogen and oxygen atoms in total. The van der Waals surface area contributed by atoms with E-state index in [0.29, 0.717) is 35.0 Å². The molecule has 0 amide bonds. The fourth-order valence-electron chi connectivity index (χ4n) is 3.56. The zero-order valence-corrected chi connectivity index (χ0v) is 17.3. The number of halogens is 4. The fraction of sp³-hybridized carbons (Fsp3) is 0.174. The molecule has 0 atom stereocenters. The predicted octanol–water partition coefficient (Wildman–Crippen LogP) is 5.47. The van der Waals surface area contributed by atoms with Gasteiger partial charge in [0.25, 0.3) is 5.92 Å². The topological polar surface area (TPSA) is 70.3 Å². The molecule has 0 saturated heterocycles. The van der Waals surface area contributed by atoms with Crippen LogP contribution in [0.4, 0.5) is 17.6 Å². The minimum absolute atomic E-state index is 0.0380. The van der Waals surface area contributed by atoms with Crippen LogP contribution in [0, 0.1) is 11.6 Å². The van der Waals surface area contributed by atoms with Crippen LogP contribution in [-0.2, 0) is 19.0 Å². The second kappa shape index (κ2) is 7.88. The third-order valence-electron chi connectivity index (χ3n) is 5.29. The van der Waals surface area contributed by atoms with E-state index in [9.17, 15) is 17.6 Å². The summed E-state index contributed by atoms with van der Waals surface area (Å²) in [5.41, 5.74) is 2.36. The van der Waals surface area contributed by atoms with Gasteiger partial charge < -0.3 is 9.51 Å². The van der Waals surface area contributed by atoms with Crippen molar-refractivity contribution in [1.29, 1.82) is 0 Å². The van der Waals surface area contributed by atoms with Crippen molar-refractivity contribution < 1.29 is 22.1 Å². The van der Waals surface area contributed by atoms with Crippen LogP contribution in [0.3, 0.4) is 0 Å². The molecule has 0 aliphatic carbocycles. The van der Waals surface area contributed by atoms with E-state index in [2.05, 4.69) is 20.2 Å². The highest BCUT2D eigenvalue weighted by atomic mass is 19.3. The van der Waals surface area contributed by atoms with Gasteiger partial charge in [-0.2, -0.15) is 5.10 Å². The van der Waals surface area contributed by atoms with Crippen LogP contribution in [0.15, 0.2) is 58.2 Å². The lowest BCUT2D eigenvalue weighted by atomic mass is 10.1. The maximum absolute atomic E-state index is 14.1. The molecule has 0 fully saturated rings. The van der Waals surface area contributed by atoms with Gasteiger partial charge in [-0.1, -0.05) is 35.5 Å². The molecule has 2 aromatic heterocycles. The Morgan fingerprint density at radius 2 is 1.91 bits per heavy atom. The van der Waals surface area contributed by atoms with Crippen LogP contribution in [0.5, 0.6) is 0 Å². The number of benzene rings is 2. The Balaban J connectivity index is 1.30. The van der Waals surface area contributed by atoms with Crippen molar-refractivity contribution in [3.63, 3.8) is 0 Å². The second-order valence-corrected chi connectivity index (χ2v) is 7.76. The number of fused-ring (bicyclic) bond motifs is 1. The standard InChI is InChI=1S/C23H17F4N5O/c1-23(26,27)14-7-5-13(6-8-14)18-9-15(33-31-18)11-32-12-20-19(10-28-32)29-22(30-20)16-3-2-4-17(24)21(16)25/h2-10H,11-12H2,1H3,(H,29,30). The molecular weight excluding hydrogens is 438 g/mol. The smallest absolute Gasteiger partial charge is 0.270 e. The van der Waals surface area contributed by atoms with E-state index in [1.54, 1.807) is 23.2 Å². The monoisotopic (exact) mass is 455 g/mol. The van der Waals surface area contributed by atoms with E-state index < -0.39 is 17.6 Å². The van der Waals surface area contributed by atoms with E-state index >= 15 is 0 Å². The lowest BCUT2D eigenvalue weighted by Crippen LogP contribution is -2.21. The van der Waals surface area contributed by atoms with Crippen LogP contribution < -0.4 is 0 Å². The summed E-state index contributed by atoms with van der Waals surface area (Å²) >= 11 is 0. The summed E-state index contributed by atoms with van der Waals surface area (Å²) in [5, 5.41) is 10.0. The molecule has 1 aliphatic rings. The molecule has 3 heterocycles. The molecule has 5 rings (SSSR count). The highest BCUT2D eigenvalue weighted by molar-refractivity contribution is 5.80. The first-order chi connectivity index (χ1) is 15.8. The molecule has 33 heavy (non-hydrogen) atoms. The molecule has 10 heteroatoms. The lowest BCUT2D eigenvalue weighted by Gasteiger charge is -2.19. The SMILES string of the molecule is CC(F)(F)c1ccc(-c2cc(CN3Cc4[nH]c(-c5cccc(F)c5F)nc4C=N3)on2)cc1. The number of hydrazone groups is 1. The first-order valence-electron chi connectivity index (χ1n) is 10.0. The highest BCUT2D eigenvalue weighted by Gasteiger charge is 2.24. The van der Waals surface area contributed by atoms with Crippen molar-refractivity contribution in [3.8, 4) is 22.6 Å². The van der Waals surface area contributed by atoms with Crippen LogP contribution >= 0.6 is 0 Å². The molecule has 4 aromatic rings. The number of imidazole rings is 1. The minimum atomic E-state index is -2.91. The number of aromatic nitrogens is 3. The van der Waals surface area contributed by atoms with E-state index in [4.69, 9.17) is 4.52 Å². The summed E-state index contributed by atoms with van der Waals surface area (Å²) in [5.74, 6) is -4.09. The molecule has 168 valence electrons. The van der Waals surface area contributed by atoms with Gasteiger partial charge in [-0.15, -0.1) is 0 Å². The second-order valence-electron chi connectivity index (χ2n) is 7.76. The number of rotatable bonds is 5. The lowest BCUT2D eigenvalue weighted by molar-refractivity contribution is 0.0175. The average Bonchev–Trinajstić information content (AvgIpc) is 3.42. The molecule has 0 bridgehead atoms. The Hall–Kier alpha value is -3.95. The largest absolute Gasteiger partial charge is 0.359 e. The van der Waals surface area contributed by atoms with Gasteiger partial charge in [-0.25, -0.2) is 22.5 Å². The molecule has 0 unspecified atom stereocenters. The number of hydrogen-bond acceptors (Lipinski definition) is 5. The number of hydrogen-bond donors (Lipinski definition) is 1. The summed E-state index contributed by atoms with van der Waals surface area (Å²) in [6, 6.07) is 11.5. The molecule has 0 saturated carbocycles. The number of aromatic amines is 1. The zero-order valence-electron chi connectivity index (χ0n) is 17.3. The Morgan fingerprint density at radius 3 is 2.67 bits per heavy atom. The van der Waals surface area contributed by atoms with Crippen molar-refractivity contribution >= 4 is 6.21 Å².